The van der Waals surface area contributed by atoms with Gasteiger partial charge in [-0.25, -0.2) is 14.1 Å². The molecule has 2 aliphatic rings. The average Bonchev–Trinajstić information content (AvgIpc) is 2.91. The molecule has 0 bridgehead atoms. The van der Waals surface area contributed by atoms with Gasteiger partial charge in [0, 0.05) is 23.8 Å². The maximum Gasteiger partial charge on any atom is 0.510 e. The third-order valence-electron chi connectivity index (χ3n) is 4.72. The van der Waals surface area contributed by atoms with E-state index in [1.807, 2.05) is 0 Å². The second kappa shape index (κ2) is 7.23. The van der Waals surface area contributed by atoms with Crippen molar-refractivity contribution in [3.8, 4) is 0 Å². The van der Waals surface area contributed by atoms with Gasteiger partial charge in [-0.2, -0.15) is 0 Å². The lowest BCUT2D eigenvalue weighted by atomic mass is 9.82. The maximum atomic E-state index is 13.4. The second-order valence-corrected chi connectivity index (χ2v) is 6.24. The second-order valence-electron chi connectivity index (χ2n) is 6.24. The molecular weight excluding hydrogens is 345 g/mol. The monoisotopic (exact) mass is 363 g/mol. The largest absolute Gasteiger partial charge is 0.510 e. The van der Waals surface area contributed by atoms with Crippen LogP contribution in [-0.4, -0.2) is 42.0 Å². The molecule has 1 heterocycles. The Labute approximate surface area is 149 Å². The van der Waals surface area contributed by atoms with E-state index < -0.39 is 42.4 Å². The van der Waals surface area contributed by atoms with Crippen molar-refractivity contribution in [3.05, 3.63) is 35.1 Å². The Balaban J connectivity index is 1.73. The van der Waals surface area contributed by atoms with Crippen molar-refractivity contribution in [3.63, 3.8) is 0 Å². The molecule has 1 aliphatic carbocycles. The van der Waals surface area contributed by atoms with E-state index in [1.54, 1.807) is 6.92 Å². The zero-order chi connectivity index (χ0) is 18.8. The Morgan fingerprint density at radius 2 is 2.00 bits per heavy atom. The van der Waals surface area contributed by atoms with Crippen molar-refractivity contribution < 1.29 is 33.0 Å². The molecule has 0 N–H and O–H groups in total. The molecule has 1 aliphatic heterocycles. The fourth-order valence-corrected chi connectivity index (χ4v) is 3.47. The van der Waals surface area contributed by atoms with Gasteiger partial charge in [0.05, 0.1) is 6.61 Å². The van der Waals surface area contributed by atoms with Gasteiger partial charge in [-0.3, -0.25) is 14.4 Å². The van der Waals surface area contributed by atoms with Crippen molar-refractivity contribution in [2.24, 2.45) is 11.8 Å². The molecule has 138 valence electrons. The number of ketones is 1. The minimum absolute atomic E-state index is 0.0665. The molecular formula is C18H18FNO6. The van der Waals surface area contributed by atoms with Crippen LogP contribution in [0, 0.1) is 17.7 Å². The van der Waals surface area contributed by atoms with Crippen LogP contribution >= 0.6 is 0 Å². The normalized spacial score (nSPS) is 22.4. The summed E-state index contributed by atoms with van der Waals surface area (Å²) < 4.78 is 22.8. The Morgan fingerprint density at radius 3 is 2.73 bits per heavy atom. The molecule has 2 atom stereocenters. The number of ether oxygens (including phenoxy) is 2. The van der Waals surface area contributed by atoms with E-state index in [0.29, 0.717) is 11.1 Å². The number of likely N-dealkylation sites (tertiary alicyclic amines) is 1. The predicted molar refractivity (Wildman–Crippen MR) is 85.5 cm³/mol. The van der Waals surface area contributed by atoms with E-state index in [0.717, 1.165) is 4.90 Å². The summed E-state index contributed by atoms with van der Waals surface area (Å²) in [7, 11) is 0. The summed E-state index contributed by atoms with van der Waals surface area (Å²) >= 11 is 0. The first-order valence-electron chi connectivity index (χ1n) is 8.38. The van der Waals surface area contributed by atoms with Gasteiger partial charge in [0.25, 0.3) is 0 Å². The summed E-state index contributed by atoms with van der Waals surface area (Å²) in [6.45, 7) is 1.16. The fraction of sp³-hybridized carbons (Fsp3) is 0.444. The zero-order valence-electron chi connectivity index (χ0n) is 14.2. The number of halogens is 1. The van der Waals surface area contributed by atoms with Crippen LogP contribution in [0.3, 0.4) is 0 Å². The molecule has 2 amide bonds. The number of nitrogens with zero attached hydrogens (tertiary/aromatic N) is 1. The predicted octanol–water partition coefficient (Wildman–Crippen LogP) is 2.08. The maximum absolute atomic E-state index is 13.4. The van der Waals surface area contributed by atoms with E-state index in [4.69, 9.17) is 4.74 Å². The standard InChI is InChI=1S/C18H18FNO6/c1-2-25-18(24)26-9-20-15(21)6-5-13(17(20)23)14-8-10-7-11(19)3-4-12(10)16(14)22/h3-4,7,13-14H,2,5-6,8-9H2,1H3. The van der Waals surface area contributed by atoms with Crippen molar-refractivity contribution in [2.45, 2.75) is 26.2 Å². The van der Waals surface area contributed by atoms with Crippen LogP contribution in [0.2, 0.25) is 0 Å². The van der Waals surface area contributed by atoms with E-state index in [2.05, 4.69) is 4.74 Å². The lowest BCUT2D eigenvalue weighted by molar-refractivity contribution is -0.157. The number of fused-ring (bicyclic) bond motifs is 1. The number of amides is 2. The molecule has 0 spiro atoms. The summed E-state index contributed by atoms with van der Waals surface area (Å²) in [6, 6.07) is 3.94. The molecule has 1 fully saturated rings. The van der Waals surface area contributed by atoms with E-state index in [-0.39, 0.29) is 31.7 Å². The molecule has 1 aromatic carbocycles. The highest BCUT2D eigenvalue weighted by molar-refractivity contribution is 6.07. The lowest BCUT2D eigenvalue weighted by Crippen LogP contribution is -2.49. The third kappa shape index (κ3) is 3.31. The van der Waals surface area contributed by atoms with Crippen LogP contribution in [0.1, 0.15) is 35.7 Å². The van der Waals surface area contributed by atoms with Gasteiger partial charge in [0.2, 0.25) is 11.8 Å². The first kappa shape index (κ1) is 18.0. The summed E-state index contributed by atoms with van der Waals surface area (Å²) in [4.78, 5) is 49.5. The highest BCUT2D eigenvalue weighted by Crippen LogP contribution is 2.36. The van der Waals surface area contributed by atoms with Gasteiger partial charge in [0.15, 0.2) is 12.5 Å². The number of imide groups is 1. The molecule has 7 nitrogen and oxygen atoms in total. The molecule has 1 saturated heterocycles. The van der Waals surface area contributed by atoms with E-state index in [9.17, 15) is 23.6 Å². The summed E-state index contributed by atoms with van der Waals surface area (Å²) in [6.07, 6.45) is -0.421. The Hall–Kier alpha value is -2.77. The van der Waals surface area contributed by atoms with Gasteiger partial charge in [-0.15, -0.1) is 0 Å². The third-order valence-corrected chi connectivity index (χ3v) is 4.72. The summed E-state index contributed by atoms with van der Waals surface area (Å²) in [5.41, 5.74) is 0.981. The first-order valence-corrected chi connectivity index (χ1v) is 8.38. The average molecular weight is 363 g/mol. The molecule has 2 unspecified atom stereocenters. The van der Waals surface area contributed by atoms with Gasteiger partial charge in [-0.1, -0.05) is 0 Å². The number of benzene rings is 1. The van der Waals surface area contributed by atoms with Crippen molar-refractivity contribution in [1.82, 2.24) is 4.90 Å². The molecule has 8 heteroatoms. The molecule has 3 rings (SSSR count). The van der Waals surface area contributed by atoms with Crippen LogP contribution in [-0.2, 0) is 25.5 Å². The van der Waals surface area contributed by atoms with Gasteiger partial charge in [-0.05, 0) is 43.5 Å². The number of hydrogen-bond donors (Lipinski definition) is 0. The number of carbonyl (C=O) groups is 4. The van der Waals surface area contributed by atoms with Crippen molar-refractivity contribution >= 4 is 23.8 Å². The van der Waals surface area contributed by atoms with Gasteiger partial charge >= 0.3 is 6.16 Å². The Bertz CT molecular complexity index is 777. The molecule has 0 saturated carbocycles. The molecule has 0 aromatic heterocycles. The Morgan fingerprint density at radius 1 is 1.23 bits per heavy atom. The minimum Gasteiger partial charge on any atom is -0.435 e. The molecule has 0 radical (unpaired) electrons. The number of rotatable bonds is 4. The molecule has 1 aromatic rings. The fourth-order valence-electron chi connectivity index (χ4n) is 3.47. The lowest BCUT2D eigenvalue weighted by Gasteiger charge is -2.32. The Kier molecular flexibility index (Phi) is 5.01. The number of Topliss-reactive ketones (excluding diaryl/α,β-unsaturated/α-hetero) is 1. The summed E-state index contributed by atoms with van der Waals surface area (Å²) in [5, 5.41) is 0. The van der Waals surface area contributed by atoms with Gasteiger partial charge < -0.3 is 9.47 Å². The number of carbonyl (C=O) groups excluding carboxylic acids is 4. The van der Waals surface area contributed by atoms with Crippen LogP contribution in [0.25, 0.3) is 0 Å². The minimum atomic E-state index is -0.977. The van der Waals surface area contributed by atoms with Crippen molar-refractivity contribution in [2.75, 3.05) is 13.3 Å². The number of piperidine rings is 1. The number of hydrogen-bond acceptors (Lipinski definition) is 6. The van der Waals surface area contributed by atoms with Crippen LogP contribution in [0.4, 0.5) is 9.18 Å². The highest BCUT2D eigenvalue weighted by Gasteiger charge is 2.45. The topological polar surface area (TPSA) is 90.0 Å². The van der Waals surface area contributed by atoms with E-state index >= 15 is 0 Å². The zero-order valence-corrected chi connectivity index (χ0v) is 14.2. The van der Waals surface area contributed by atoms with Crippen LogP contribution < -0.4 is 0 Å². The van der Waals surface area contributed by atoms with Crippen molar-refractivity contribution in [1.29, 1.82) is 0 Å². The van der Waals surface area contributed by atoms with E-state index in [1.165, 1.54) is 18.2 Å². The SMILES string of the molecule is CCOC(=O)OCN1C(=O)CCC(C2Cc3cc(F)ccc3C2=O)C1=O. The summed E-state index contributed by atoms with van der Waals surface area (Å²) in [5.74, 6) is -3.04. The first-order chi connectivity index (χ1) is 12.4. The highest BCUT2D eigenvalue weighted by atomic mass is 19.1. The van der Waals surface area contributed by atoms with Crippen LogP contribution in [0.5, 0.6) is 0 Å². The van der Waals surface area contributed by atoms with Crippen LogP contribution in [0.15, 0.2) is 18.2 Å². The molecule has 26 heavy (non-hydrogen) atoms. The smallest absolute Gasteiger partial charge is 0.435 e. The van der Waals surface area contributed by atoms with Gasteiger partial charge in [0.1, 0.15) is 5.82 Å². The quantitative estimate of drug-likeness (QED) is 0.601.